The Hall–Kier alpha value is -2.91. The third kappa shape index (κ3) is 4.58. The lowest BCUT2D eigenvalue weighted by atomic mass is 10.0. The van der Waals surface area contributed by atoms with Crippen molar-refractivity contribution in [3.05, 3.63) is 46.8 Å². The lowest BCUT2D eigenvalue weighted by Gasteiger charge is -2.16. The molecule has 26 heavy (non-hydrogen) atoms. The third-order valence-electron chi connectivity index (χ3n) is 3.49. The molecule has 0 saturated carbocycles. The predicted octanol–water partition coefficient (Wildman–Crippen LogP) is 2.31. The average Bonchev–Trinajstić information content (AvgIpc) is 3.09. The summed E-state index contributed by atoms with van der Waals surface area (Å²) in [5.41, 5.74) is 7.58. The fourth-order valence-electron chi connectivity index (χ4n) is 2.24. The molecular formula is C17H20N4O4S. The second kappa shape index (κ2) is 8.97. The zero-order valence-electron chi connectivity index (χ0n) is 14.4. The van der Waals surface area contributed by atoms with Crippen LogP contribution in [0.1, 0.15) is 28.9 Å². The van der Waals surface area contributed by atoms with Gasteiger partial charge in [-0.05, 0) is 24.4 Å². The number of imide groups is 1. The Morgan fingerprint density at radius 3 is 2.65 bits per heavy atom. The maximum atomic E-state index is 12.5. The molecular weight excluding hydrogens is 356 g/mol. The van der Waals surface area contributed by atoms with Gasteiger partial charge in [0, 0.05) is 18.3 Å². The molecule has 1 aromatic carbocycles. The van der Waals surface area contributed by atoms with Gasteiger partial charge in [0.2, 0.25) is 5.91 Å². The normalized spacial score (nSPS) is 11.3. The van der Waals surface area contributed by atoms with E-state index in [-0.39, 0.29) is 12.2 Å². The van der Waals surface area contributed by atoms with Gasteiger partial charge in [0.1, 0.15) is 11.0 Å². The molecule has 0 saturated heterocycles. The van der Waals surface area contributed by atoms with Crippen molar-refractivity contribution in [2.45, 2.75) is 13.0 Å². The van der Waals surface area contributed by atoms with E-state index in [1.54, 1.807) is 31.5 Å². The highest BCUT2D eigenvalue weighted by molar-refractivity contribution is 7.14. The first-order valence-corrected chi connectivity index (χ1v) is 8.74. The van der Waals surface area contributed by atoms with E-state index in [0.717, 1.165) is 17.0 Å². The van der Waals surface area contributed by atoms with E-state index < -0.39 is 23.9 Å². The van der Waals surface area contributed by atoms with E-state index in [1.807, 2.05) is 12.1 Å². The van der Waals surface area contributed by atoms with Crippen LogP contribution in [0.15, 0.2) is 35.7 Å². The molecule has 3 amide bonds. The molecule has 0 aliphatic heterocycles. The molecule has 0 spiro atoms. The maximum Gasteiger partial charge on any atom is 0.414 e. The van der Waals surface area contributed by atoms with Crippen LogP contribution in [0.5, 0.6) is 0 Å². The van der Waals surface area contributed by atoms with Gasteiger partial charge in [-0.2, -0.15) is 0 Å². The second-order valence-electron chi connectivity index (χ2n) is 5.14. The number of hydrogen-bond donors (Lipinski definition) is 4. The minimum Gasteiger partial charge on any atom is -0.450 e. The standard InChI is InChI=1S/C17H20N4O4S/c1-3-25-17(24)21-14(22)11-8-9-26-16(11)20-15(23)13(18)10-6-4-5-7-12(10)19-2/h4-9,13,19H,3,18H2,1-2H3,(H,20,23)(H,21,22,24). The van der Waals surface area contributed by atoms with Gasteiger partial charge in [-0.3, -0.25) is 14.9 Å². The summed E-state index contributed by atoms with van der Waals surface area (Å²) in [4.78, 5) is 36.0. The molecule has 2 rings (SSSR count). The molecule has 1 unspecified atom stereocenters. The van der Waals surface area contributed by atoms with Crippen LogP contribution >= 0.6 is 11.3 Å². The third-order valence-corrected chi connectivity index (χ3v) is 4.32. The number of anilines is 2. The number of ether oxygens (including phenoxy) is 1. The first-order chi connectivity index (χ1) is 12.5. The highest BCUT2D eigenvalue weighted by Crippen LogP contribution is 2.26. The van der Waals surface area contributed by atoms with Crippen LogP contribution in [-0.4, -0.2) is 31.6 Å². The Balaban J connectivity index is 2.12. The Morgan fingerprint density at radius 1 is 1.23 bits per heavy atom. The molecule has 1 heterocycles. The van der Waals surface area contributed by atoms with Crippen molar-refractivity contribution in [3.63, 3.8) is 0 Å². The number of hydrogen-bond acceptors (Lipinski definition) is 7. The summed E-state index contributed by atoms with van der Waals surface area (Å²) < 4.78 is 4.67. The molecule has 8 nitrogen and oxygen atoms in total. The van der Waals surface area contributed by atoms with Crippen molar-refractivity contribution in [2.75, 3.05) is 24.3 Å². The van der Waals surface area contributed by atoms with Gasteiger partial charge < -0.3 is 21.1 Å². The number of carbonyl (C=O) groups is 3. The molecule has 9 heteroatoms. The number of alkyl carbamates (subject to hydrolysis) is 1. The highest BCUT2D eigenvalue weighted by Gasteiger charge is 2.22. The lowest BCUT2D eigenvalue weighted by Crippen LogP contribution is -2.32. The Morgan fingerprint density at radius 2 is 1.96 bits per heavy atom. The maximum absolute atomic E-state index is 12.5. The monoisotopic (exact) mass is 376 g/mol. The molecule has 1 aromatic heterocycles. The van der Waals surface area contributed by atoms with Crippen molar-refractivity contribution < 1.29 is 19.1 Å². The van der Waals surface area contributed by atoms with Gasteiger partial charge in [-0.25, -0.2) is 4.79 Å². The lowest BCUT2D eigenvalue weighted by molar-refractivity contribution is -0.117. The largest absolute Gasteiger partial charge is 0.450 e. The van der Waals surface area contributed by atoms with E-state index in [1.165, 1.54) is 6.07 Å². The summed E-state index contributed by atoms with van der Waals surface area (Å²) in [6, 6.07) is 7.75. The average molecular weight is 376 g/mol. The van der Waals surface area contributed by atoms with Crippen molar-refractivity contribution in [1.29, 1.82) is 0 Å². The summed E-state index contributed by atoms with van der Waals surface area (Å²) in [5.74, 6) is -1.13. The topological polar surface area (TPSA) is 123 Å². The number of thiophene rings is 1. The number of carbonyl (C=O) groups excluding carboxylic acids is 3. The molecule has 2 aromatic rings. The smallest absolute Gasteiger partial charge is 0.414 e. The Bertz CT molecular complexity index is 806. The van der Waals surface area contributed by atoms with E-state index in [4.69, 9.17) is 5.73 Å². The summed E-state index contributed by atoms with van der Waals surface area (Å²) >= 11 is 1.15. The van der Waals surface area contributed by atoms with Crippen LogP contribution in [-0.2, 0) is 9.53 Å². The van der Waals surface area contributed by atoms with E-state index in [9.17, 15) is 14.4 Å². The van der Waals surface area contributed by atoms with E-state index in [2.05, 4.69) is 20.7 Å². The molecule has 5 N–H and O–H groups in total. The van der Waals surface area contributed by atoms with Crippen molar-refractivity contribution in [1.82, 2.24) is 5.32 Å². The van der Waals surface area contributed by atoms with Gasteiger partial charge in [0.05, 0.1) is 12.2 Å². The number of nitrogens with one attached hydrogen (secondary N) is 3. The molecule has 0 bridgehead atoms. The predicted molar refractivity (Wildman–Crippen MR) is 100 cm³/mol. The van der Waals surface area contributed by atoms with Gasteiger partial charge in [-0.1, -0.05) is 18.2 Å². The van der Waals surface area contributed by atoms with Crippen LogP contribution in [0.25, 0.3) is 0 Å². The quantitative estimate of drug-likeness (QED) is 0.614. The first-order valence-electron chi connectivity index (χ1n) is 7.86. The van der Waals surface area contributed by atoms with Crippen molar-refractivity contribution in [3.8, 4) is 0 Å². The van der Waals surface area contributed by atoms with Crippen molar-refractivity contribution in [2.24, 2.45) is 5.73 Å². The number of rotatable bonds is 6. The highest BCUT2D eigenvalue weighted by atomic mass is 32.1. The number of benzene rings is 1. The number of nitrogens with two attached hydrogens (primary N) is 1. The molecule has 0 fully saturated rings. The minimum absolute atomic E-state index is 0.145. The fraction of sp³-hybridized carbons (Fsp3) is 0.235. The number of amides is 3. The van der Waals surface area contributed by atoms with Crippen LogP contribution in [0.4, 0.5) is 15.5 Å². The van der Waals surface area contributed by atoms with Crippen LogP contribution in [0, 0.1) is 0 Å². The van der Waals surface area contributed by atoms with Gasteiger partial charge in [0.25, 0.3) is 5.91 Å². The van der Waals surface area contributed by atoms with Gasteiger partial charge in [0.15, 0.2) is 0 Å². The minimum atomic E-state index is -0.929. The molecule has 138 valence electrons. The Kier molecular flexibility index (Phi) is 6.70. The van der Waals surface area contributed by atoms with Crippen molar-refractivity contribution >= 4 is 39.9 Å². The summed E-state index contributed by atoms with van der Waals surface area (Å²) in [6.45, 7) is 1.77. The second-order valence-corrected chi connectivity index (χ2v) is 6.06. The SMILES string of the molecule is CCOC(=O)NC(=O)c1ccsc1NC(=O)C(N)c1ccccc1NC. The zero-order valence-corrected chi connectivity index (χ0v) is 15.2. The van der Waals surface area contributed by atoms with Crippen LogP contribution in [0.3, 0.4) is 0 Å². The van der Waals surface area contributed by atoms with Gasteiger partial charge in [-0.15, -0.1) is 11.3 Å². The molecule has 0 aliphatic rings. The number of para-hydroxylation sites is 1. The van der Waals surface area contributed by atoms with Gasteiger partial charge >= 0.3 is 6.09 Å². The van der Waals surface area contributed by atoms with Crippen LogP contribution < -0.4 is 21.7 Å². The molecule has 0 radical (unpaired) electrons. The van der Waals surface area contributed by atoms with E-state index >= 15 is 0 Å². The summed E-state index contributed by atoms with van der Waals surface area (Å²) in [6.07, 6.45) is -0.847. The summed E-state index contributed by atoms with van der Waals surface area (Å²) in [7, 11) is 1.74. The fourth-order valence-corrected chi connectivity index (χ4v) is 3.03. The Labute approximate surface area is 154 Å². The van der Waals surface area contributed by atoms with E-state index in [0.29, 0.717) is 10.6 Å². The van der Waals surface area contributed by atoms with Crippen LogP contribution in [0.2, 0.25) is 0 Å². The first kappa shape index (κ1) is 19.4. The molecule has 0 aliphatic carbocycles. The summed E-state index contributed by atoms with van der Waals surface area (Å²) in [5, 5.41) is 9.64. The molecule has 1 atom stereocenters. The zero-order chi connectivity index (χ0) is 19.1.